The monoisotopic (exact) mass is 273 g/mol. The summed E-state index contributed by atoms with van der Waals surface area (Å²) in [6.07, 6.45) is 0.505. The second-order valence-corrected chi connectivity index (χ2v) is 5.66. The Labute approximate surface area is 91.0 Å². The van der Waals surface area contributed by atoms with Crippen LogP contribution in [0.4, 0.5) is 0 Å². The number of hydrogen-bond acceptors (Lipinski definition) is 2. The van der Waals surface area contributed by atoms with Crippen molar-refractivity contribution in [1.82, 2.24) is 0 Å². The van der Waals surface area contributed by atoms with Crippen molar-refractivity contribution in [3.63, 3.8) is 0 Å². The fraction of sp³-hybridized carbons (Fsp3) is 0.222. The molecule has 1 aliphatic heterocycles. The normalized spacial score (nSPS) is 19.4. The van der Waals surface area contributed by atoms with Gasteiger partial charge in [0, 0.05) is 16.5 Å². The van der Waals surface area contributed by atoms with Crippen LogP contribution in [0.1, 0.15) is 12.0 Å². The van der Waals surface area contributed by atoms with Crippen LogP contribution in [0, 0.1) is 0 Å². The molecule has 0 N–H and O–H groups in total. The van der Waals surface area contributed by atoms with Crippen molar-refractivity contribution in [3.8, 4) is 0 Å². The van der Waals surface area contributed by atoms with Crippen molar-refractivity contribution in [1.29, 1.82) is 0 Å². The SMILES string of the molecule is O=S1(=O)CCC(c2ccccc2Br)=N1. The minimum atomic E-state index is -3.19. The Hall–Kier alpha value is -0.680. The molecule has 14 heavy (non-hydrogen) atoms. The van der Waals surface area contributed by atoms with Gasteiger partial charge in [0.05, 0.1) is 11.5 Å². The summed E-state index contributed by atoms with van der Waals surface area (Å²) in [6.45, 7) is 0. The third-order valence-electron chi connectivity index (χ3n) is 2.03. The Morgan fingerprint density at radius 2 is 2.00 bits per heavy atom. The van der Waals surface area contributed by atoms with Crippen LogP contribution in [0.3, 0.4) is 0 Å². The zero-order chi connectivity index (χ0) is 10.2. The lowest BCUT2D eigenvalue weighted by atomic mass is 10.1. The topological polar surface area (TPSA) is 46.5 Å². The molecule has 0 amide bonds. The molecule has 0 radical (unpaired) electrons. The molecule has 0 aliphatic carbocycles. The summed E-state index contributed by atoms with van der Waals surface area (Å²) < 4.78 is 26.8. The van der Waals surface area contributed by atoms with Gasteiger partial charge in [-0.15, -0.1) is 0 Å². The van der Waals surface area contributed by atoms with Crippen molar-refractivity contribution in [2.45, 2.75) is 6.42 Å². The van der Waals surface area contributed by atoms with Gasteiger partial charge in [-0.05, 0) is 6.07 Å². The molecule has 1 aliphatic rings. The fourth-order valence-corrected chi connectivity index (χ4v) is 2.95. The van der Waals surface area contributed by atoms with Gasteiger partial charge in [-0.2, -0.15) is 4.40 Å². The van der Waals surface area contributed by atoms with Crippen molar-refractivity contribution in [2.75, 3.05) is 5.75 Å². The van der Waals surface area contributed by atoms with Gasteiger partial charge >= 0.3 is 0 Å². The average Bonchev–Trinajstić information content (AvgIpc) is 2.47. The molecule has 3 nitrogen and oxygen atoms in total. The summed E-state index contributed by atoms with van der Waals surface area (Å²) in [5.74, 6) is 0.129. The van der Waals surface area contributed by atoms with E-state index in [0.717, 1.165) is 10.0 Å². The molecule has 74 valence electrons. The van der Waals surface area contributed by atoms with Gasteiger partial charge in [0.1, 0.15) is 0 Å². The van der Waals surface area contributed by atoms with E-state index in [0.29, 0.717) is 12.1 Å². The zero-order valence-electron chi connectivity index (χ0n) is 7.27. The Kier molecular flexibility index (Phi) is 2.45. The lowest BCUT2D eigenvalue weighted by Gasteiger charge is -2.00. The Morgan fingerprint density at radius 3 is 2.57 bits per heavy atom. The van der Waals surface area contributed by atoms with E-state index >= 15 is 0 Å². The van der Waals surface area contributed by atoms with Crippen LogP contribution in [-0.2, 0) is 10.0 Å². The number of sulfonamides is 1. The third kappa shape index (κ3) is 1.88. The maximum atomic E-state index is 11.1. The van der Waals surface area contributed by atoms with Gasteiger partial charge in [0.2, 0.25) is 0 Å². The van der Waals surface area contributed by atoms with Gasteiger partial charge in [-0.3, -0.25) is 0 Å². The van der Waals surface area contributed by atoms with E-state index in [4.69, 9.17) is 0 Å². The quantitative estimate of drug-likeness (QED) is 0.786. The summed E-state index contributed by atoms with van der Waals surface area (Å²) in [5, 5.41) is 0. The summed E-state index contributed by atoms with van der Waals surface area (Å²) >= 11 is 3.37. The maximum Gasteiger partial charge on any atom is 0.253 e. The summed E-state index contributed by atoms with van der Waals surface area (Å²) in [7, 11) is -3.19. The van der Waals surface area contributed by atoms with Gasteiger partial charge in [0.15, 0.2) is 0 Å². The number of rotatable bonds is 1. The molecule has 5 heteroatoms. The van der Waals surface area contributed by atoms with Gasteiger partial charge in [-0.1, -0.05) is 34.1 Å². The highest BCUT2D eigenvalue weighted by molar-refractivity contribution is 9.10. The molecule has 1 aromatic carbocycles. The molecule has 0 bridgehead atoms. The van der Waals surface area contributed by atoms with Crippen molar-refractivity contribution >= 4 is 31.7 Å². The molecular weight excluding hydrogens is 266 g/mol. The molecule has 0 fully saturated rings. The summed E-state index contributed by atoms with van der Waals surface area (Å²) in [6, 6.07) is 7.50. The highest BCUT2D eigenvalue weighted by Gasteiger charge is 2.22. The van der Waals surface area contributed by atoms with E-state index in [9.17, 15) is 8.42 Å². The molecular formula is C9H8BrNO2S. The van der Waals surface area contributed by atoms with Crippen LogP contribution in [0.15, 0.2) is 33.1 Å². The molecule has 0 aromatic heterocycles. The van der Waals surface area contributed by atoms with Gasteiger partial charge in [-0.25, -0.2) is 8.42 Å². The van der Waals surface area contributed by atoms with Gasteiger partial charge in [0.25, 0.3) is 10.0 Å². The molecule has 1 heterocycles. The minimum absolute atomic E-state index is 0.129. The first-order valence-electron chi connectivity index (χ1n) is 4.15. The predicted octanol–water partition coefficient (Wildman–Crippen LogP) is 1.97. The summed E-state index contributed by atoms with van der Waals surface area (Å²) in [5.41, 5.74) is 1.52. The van der Waals surface area contributed by atoms with E-state index < -0.39 is 10.0 Å². The maximum absolute atomic E-state index is 11.1. The lowest BCUT2D eigenvalue weighted by Crippen LogP contribution is -1.97. The smallest absolute Gasteiger partial charge is 0.205 e. The first kappa shape index (κ1) is 9.86. The standard InChI is InChI=1S/C9H8BrNO2S/c10-8-4-2-1-3-7(8)9-5-6-14(12,13)11-9/h1-4H,5-6H2. The van der Waals surface area contributed by atoms with Crippen LogP contribution < -0.4 is 0 Å². The first-order chi connectivity index (χ1) is 6.58. The van der Waals surface area contributed by atoms with Crippen LogP contribution in [0.2, 0.25) is 0 Å². The van der Waals surface area contributed by atoms with Crippen LogP contribution in [0.5, 0.6) is 0 Å². The van der Waals surface area contributed by atoms with Crippen LogP contribution in [-0.4, -0.2) is 19.9 Å². The average molecular weight is 274 g/mol. The number of nitrogens with zero attached hydrogens (tertiary/aromatic N) is 1. The number of halogens is 1. The molecule has 0 atom stereocenters. The Bertz CT molecular complexity index is 493. The van der Waals surface area contributed by atoms with Crippen molar-refractivity contribution in [3.05, 3.63) is 34.3 Å². The fourth-order valence-electron chi connectivity index (χ4n) is 1.36. The largest absolute Gasteiger partial charge is 0.253 e. The van der Waals surface area contributed by atoms with Gasteiger partial charge < -0.3 is 0 Å². The zero-order valence-corrected chi connectivity index (χ0v) is 9.68. The first-order valence-corrected chi connectivity index (χ1v) is 6.55. The Balaban J connectivity index is 2.48. The van der Waals surface area contributed by atoms with E-state index in [1.54, 1.807) is 0 Å². The second-order valence-electron chi connectivity index (χ2n) is 3.05. The predicted molar refractivity (Wildman–Crippen MR) is 59.1 cm³/mol. The molecule has 2 rings (SSSR count). The molecule has 1 aromatic rings. The highest BCUT2D eigenvalue weighted by Crippen LogP contribution is 2.22. The van der Waals surface area contributed by atoms with Crippen LogP contribution >= 0.6 is 15.9 Å². The third-order valence-corrected chi connectivity index (χ3v) is 3.94. The second kappa shape index (κ2) is 3.47. The molecule has 0 unspecified atom stereocenters. The lowest BCUT2D eigenvalue weighted by molar-refractivity contribution is 0.600. The highest BCUT2D eigenvalue weighted by atomic mass is 79.9. The number of hydrogen-bond donors (Lipinski definition) is 0. The minimum Gasteiger partial charge on any atom is -0.205 e. The summed E-state index contributed by atoms with van der Waals surface area (Å²) in [4.78, 5) is 0. The molecule has 0 saturated carbocycles. The van der Waals surface area contributed by atoms with E-state index in [1.165, 1.54) is 0 Å². The Morgan fingerprint density at radius 1 is 1.29 bits per heavy atom. The van der Waals surface area contributed by atoms with E-state index in [1.807, 2.05) is 24.3 Å². The van der Waals surface area contributed by atoms with Crippen LogP contribution in [0.25, 0.3) is 0 Å². The van der Waals surface area contributed by atoms with Crippen molar-refractivity contribution < 1.29 is 8.42 Å². The van der Waals surface area contributed by atoms with Crippen molar-refractivity contribution in [2.24, 2.45) is 4.40 Å². The number of benzene rings is 1. The molecule has 0 spiro atoms. The van der Waals surface area contributed by atoms with E-state index in [-0.39, 0.29) is 5.75 Å². The van der Waals surface area contributed by atoms with E-state index in [2.05, 4.69) is 20.3 Å². The molecule has 0 saturated heterocycles.